The molecule has 110 valence electrons. The van der Waals surface area contributed by atoms with Crippen molar-refractivity contribution in [3.63, 3.8) is 0 Å². The number of aryl methyl sites for hydroxylation is 1. The van der Waals surface area contributed by atoms with E-state index in [9.17, 15) is 9.90 Å². The number of carbonyl (C=O) groups excluding carboxylic acids is 1. The van der Waals surface area contributed by atoms with Crippen LogP contribution in [0.15, 0.2) is 18.2 Å². The van der Waals surface area contributed by atoms with Gasteiger partial charge < -0.3 is 15.7 Å². The van der Waals surface area contributed by atoms with Gasteiger partial charge in [-0.05, 0) is 31.5 Å². The number of hydrogen-bond acceptors (Lipinski definition) is 4. The van der Waals surface area contributed by atoms with Gasteiger partial charge in [0.05, 0.1) is 5.56 Å². The summed E-state index contributed by atoms with van der Waals surface area (Å²) in [7, 11) is 0. The Balaban J connectivity index is 2.01. The fourth-order valence-corrected chi connectivity index (χ4v) is 2.51. The summed E-state index contributed by atoms with van der Waals surface area (Å²) >= 11 is 0. The summed E-state index contributed by atoms with van der Waals surface area (Å²) in [5.41, 5.74) is 7.00. The molecular weight excluding hydrogens is 254 g/mol. The number of phenols is 1. The lowest BCUT2D eigenvalue weighted by Gasteiger charge is -2.37. The topological polar surface area (TPSA) is 69.8 Å². The number of carbonyl (C=O) groups is 1. The molecule has 1 atom stereocenters. The molecule has 0 saturated carbocycles. The molecule has 1 fully saturated rings. The van der Waals surface area contributed by atoms with E-state index in [2.05, 4.69) is 11.8 Å². The predicted octanol–water partition coefficient (Wildman–Crippen LogP) is 0.806. The molecular formula is C15H23N3O2. The van der Waals surface area contributed by atoms with Crippen LogP contribution in [0.3, 0.4) is 0 Å². The van der Waals surface area contributed by atoms with Crippen molar-refractivity contribution in [1.29, 1.82) is 0 Å². The minimum absolute atomic E-state index is 0.0627. The van der Waals surface area contributed by atoms with Crippen molar-refractivity contribution >= 4 is 5.91 Å². The maximum absolute atomic E-state index is 12.4. The molecule has 1 aliphatic heterocycles. The normalized spacial score (nSPS) is 18.1. The zero-order chi connectivity index (χ0) is 14.7. The van der Waals surface area contributed by atoms with E-state index in [4.69, 9.17) is 5.73 Å². The smallest absolute Gasteiger partial charge is 0.257 e. The van der Waals surface area contributed by atoms with Gasteiger partial charge in [-0.2, -0.15) is 0 Å². The number of phenolic OH excluding ortho intramolecular Hbond substituents is 1. The van der Waals surface area contributed by atoms with Crippen LogP contribution in [0, 0.1) is 6.92 Å². The van der Waals surface area contributed by atoms with Gasteiger partial charge in [0.25, 0.3) is 5.91 Å². The third kappa shape index (κ3) is 3.11. The van der Waals surface area contributed by atoms with Gasteiger partial charge in [0.15, 0.2) is 0 Å². The Bertz CT molecular complexity index is 482. The average Bonchev–Trinajstić information content (AvgIpc) is 2.46. The molecule has 5 nitrogen and oxygen atoms in total. The first-order valence-corrected chi connectivity index (χ1v) is 7.06. The lowest BCUT2D eigenvalue weighted by Crippen LogP contribution is -2.52. The van der Waals surface area contributed by atoms with Crippen LogP contribution in [0.25, 0.3) is 0 Å². The number of amides is 1. The van der Waals surface area contributed by atoms with E-state index < -0.39 is 0 Å². The first-order valence-electron chi connectivity index (χ1n) is 7.06. The molecule has 0 aromatic heterocycles. The fourth-order valence-electron chi connectivity index (χ4n) is 2.51. The summed E-state index contributed by atoms with van der Waals surface area (Å²) in [6.45, 7) is 7.64. The van der Waals surface area contributed by atoms with E-state index in [1.165, 1.54) is 0 Å². The monoisotopic (exact) mass is 277 g/mol. The van der Waals surface area contributed by atoms with Crippen molar-refractivity contribution < 1.29 is 9.90 Å². The van der Waals surface area contributed by atoms with Gasteiger partial charge in [-0.1, -0.05) is 6.07 Å². The number of hydrogen-bond donors (Lipinski definition) is 2. The predicted molar refractivity (Wildman–Crippen MR) is 78.8 cm³/mol. The molecule has 0 bridgehead atoms. The van der Waals surface area contributed by atoms with Gasteiger partial charge in [0, 0.05) is 38.8 Å². The van der Waals surface area contributed by atoms with Crippen LogP contribution in [0.4, 0.5) is 0 Å². The summed E-state index contributed by atoms with van der Waals surface area (Å²) in [6, 6.07) is 5.52. The van der Waals surface area contributed by atoms with Crippen LogP contribution in [-0.4, -0.2) is 59.6 Å². The van der Waals surface area contributed by atoms with Gasteiger partial charge in [-0.15, -0.1) is 0 Å². The van der Waals surface area contributed by atoms with Gasteiger partial charge >= 0.3 is 0 Å². The average molecular weight is 277 g/mol. The molecule has 1 aliphatic rings. The molecule has 3 N–H and O–H groups in total. The Labute approximate surface area is 120 Å². The van der Waals surface area contributed by atoms with E-state index in [0.29, 0.717) is 31.2 Å². The number of nitrogens with two attached hydrogens (primary N) is 1. The lowest BCUT2D eigenvalue weighted by molar-refractivity contribution is 0.0586. The molecule has 0 radical (unpaired) electrons. The Morgan fingerprint density at radius 3 is 2.55 bits per heavy atom. The Morgan fingerprint density at radius 2 is 2.00 bits per heavy atom. The van der Waals surface area contributed by atoms with Crippen molar-refractivity contribution in [1.82, 2.24) is 9.80 Å². The Hall–Kier alpha value is -1.59. The maximum Gasteiger partial charge on any atom is 0.257 e. The Morgan fingerprint density at radius 1 is 1.35 bits per heavy atom. The van der Waals surface area contributed by atoms with Crippen LogP contribution < -0.4 is 5.73 Å². The SMILES string of the molecule is Cc1ccc(C(=O)N2CCN(C(C)CN)CC2)c(O)c1. The molecule has 1 saturated heterocycles. The summed E-state index contributed by atoms with van der Waals surface area (Å²) in [6.07, 6.45) is 0. The van der Waals surface area contributed by atoms with Gasteiger partial charge in [-0.3, -0.25) is 9.69 Å². The summed E-state index contributed by atoms with van der Waals surface area (Å²) in [4.78, 5) is 16.5. The van der Waals surface area contributed by atoms with Crippen LogP contribution in [0.1, 0.15) is 22.8 Å². The Kier molecular flexibility index (Phi) is 4.62. The minimum Gasteiger partial charge on any atom is -0.507 e. The van der Waals surface area contributed by atoms with E-state index in [0.717, 1.165) is 18.7 Å². The summed E-state index contributed by atoms with van der Waals surface area (Å²) < 4.78 is 0. The van der Waals surface area contributed by atoms with Gasteiger partial charge in [0.1, 0.15) is 5.75 Å². The van der Waals surface area contributed by atoms with Gasteiger partial charge in [-0.25, -0.2) is 0 Å². The van der Waals surface area contributed by atoms with E-state index in [1.54, 1.807) is 17.0 Å². The highest BCUT2D eigenvalue weighted by Gasteiger charge is 2.25. The minimum atomic E-state index is -0.0949. The summed E-state index contributed by atoms with van der Waals surface area (Å²) in [5.74, 6) is -0.0321. The zero-order valence-corrected chi connectivity index (χ0v) is 12.2. The highest BCUT2D eigenvalue weighted by Crippen LogP contribution is 2.21. The van der Waals surface area contributed by atoms with Crippen LogP contribution >= 0.6 is 0 Å². The third-order valence-corrected chi connectivity index (χ3v) is 3.95. The molecule has 1 aromatic rings. The largest absolute Gasteiger partial charge is 0.507 e. The first-order chi connectivity index (χ1) is 9.52. The number of rotatable bonds is 3. The molecule has 1 aromatic carbocycles. The molecule has 0 aliphatic carbocycles. The molecule has 1 amide bonds. The quantitative estimate of drug-likeness (QED) is 0.857. The van der Waals surface area contributed by atoms with Crippen LogP contribution in [0.5, 0.6) is 5.75 Å². The van der Waals surface area contributed by atoms with Crippen LogP contribution in [0.2, 0.25) is 0 Å². The second kappa shape index (κ2) is 6.24. The fraction of sp³-hybridized carbons (Fsp3) is 0.533. The summed E-state index contributed by atoms with van der Waals surface area (Å²) in [5, 5.41) is 9.90. The highest BCUT2D eigenvalue weighted by molar-refractivity contribution is 5.97. The number of nitrogens with zero attached hydrogens (tertiary/aromatic N) is 2. The lowest BCUT2D eigenvalue weighted by atomic mass is 10.1. The van der Waals surface area contributed by atoms with E-state index in [-0.39, 0.29) is 11.7 Å². The van der Waals surface area contributed by atoms with E-state index >= 15 is 0 Å². The molecule has 20 heavy (non-hydrogen) atoms. The first kappa shape index (κ1) is 14.8. The zero-order valence-electron chi connectivity index (χ0n) is 12.2. The highest BCUT2D eigenvalue weighted by atomic mass is 16.3. The molecule has 0 spiro atoms. The van der Waals surface area contributed by atoms with E-state index in [1.807, 2.05) is 13.0 Å². The number of piperazine rings is 1. The third-order valence-electron chi connectivity index (χ3n) is 3.95. The standard InChI is InChI=1S/C15H23N3O2/c1-11-3-4-13(14(19)9-11)15(20)18-7-5-17(6-8-18)12(2)10-16/h3-4,9,12,19H,5-8,10,16H2,1-2H3. The van der Waals surface area contributed by atoms with Crippen molar-refractivity contribution in [2.24, 2.45) is 5.73 Å². The van der Waals surface area contributed by atoms with Crippen molar-refractivity contribution in [3.05, 3.63) is 29.3 Å². The second-order valence-electron chi connectivity index (χ2n) is 5.43. The van der Waals surface area contributed by atoms with Crippen LogP contribution in [-0.2, 0) is 0 Å². The number of aromatic hydroxyl groups is 1. The molecule has 2 rings (SSSR count). The molecule has 1 unspecified atom stereocenters. The van der Waals surface area contributed by atoms with Crippen molar-refractivity contribution in [2.75, 3.05) is 32.7 Å². The molecule has 5 heteroatoms. The van der Waals surface area contributed by atoms with Crippen molar-refractivity contribution in [3.8, 4) is 5.75 Å². The molecule has 1 heterocycles. The van der Waals surface area contributed by atoms with Gasteiger partial charge in [0.2, 0.25) is 0 Å². The maximum atomic E-state index is 12.4. The van der Waals surface area contributed by atoms with Crippen molar-refractivity contribution in [2.45, 2.75) is 19.9 Å². The second-order valence-corrected chi connectivity index (χ2v) is 5.43. The number of benzene rings is 1.